The second-order valence-corrected chi connectivity index (χ2v) is 6.28. The Balaban J connectivity index is 0.00000242. The summed E-state index contributed by atoms with van der Waals surface area (Å²) in [5.41, 5.74) is 0.568. The Hall–Kier alpha value is -0.850. The van der Waals surface area contributed by atoms with Crippen LogP contribution in [0, 0.1) is 5.92 Å². The van der Waals surface area contributed by atoms with E-state index in [0.717, 1.165) is 32.5 Å². The number of alkyl halides is 2. The summed E-state index contributed by atoms with van der Waals surface area (Å²) in [5.74, 6) is -1.96. The highest BCUT2D eigenvalue weighted by Gasteiger charge is 2.24. The lowest BCUT2D eigenvalue weighted by Gasteiger charge is -2.32. The number of nitrogens with zero attached hydrogens (tertiary/aromatic N) is 1. The van der Waals surface area contributed by atoms with Gasteiger partial charge in [0, 0.05) is 23.5 Å². The minimum atomic E-state index is -2.43. The van der Waals surface area contributed by atoms with Crippen molar-refractivity contribution >= 4 is 30.1 Å². The van der Waals surface area contributed by atoms with E-state index >= 15 is 0 Å². The molecular weight excluding hydrogens is 330 g/mol. The lowest BCUT2D eigenvalue weighted by atomic mass is 9.97. The number of halogens is 3. The fraction of sp³-hybridized carbons (Fsp3) is 0.533. The molecule has 0 spiro atoms. The van der Waals surface area contributed by atoms with Gasteiger partial charge in [-0.2, -0.15) is 8.78 Å². The molecule has 2 rings (SSSR count). The van der Waals surface area contributed by atoms with E-state index in [1.54, 1.807) is 24.3 Å². The first-order chi connectivity index (χ1) is 10.1. The summed E-state index contributed by atoms with van der Waals surface area (Å²) < 4.78 is 24.5. The van der Waals surface area contributed by atoms with Crippen molar-refractivity contribution < 1.29 is 13.6 Å². The van der Waals surface area contributed by atoms with Crippen molar-refractivity contribution in [2.24, 2.45) is 5.92 Å². The molecule has 1 heterocycles. The number of hydrogen-bond acceptors (Lipinski definition) is 3. The molecule has 1 N–H and O–H groups in total. The van der Waals surface area contributed by atoms with E-state index in [2.05, 4.69) is 5.32 Å². The molecular formula is C15H21ClF2N2OS. The molecule has 1 aliphatic heterocycles. The van der Waals surface area contributed by atoms with Gasteiger partial charge in [0.2, 0.25) is 0 Å². The first-order valence-electron chi connectivity index (χ1n) is 7.09. The summed E-state index contributed by atoms with van der Waals surface area (Å²) in [7, 11) is 1.92. The lowest BCUT2D eigenvalue weighted by Crippen LogP contribution is -2.42. The molecule has 0 radical (unpaired) electrons. The summed E-state index contributed by atoms with van der Waals surface area (Å²) in [6, 6.07) is 6.43. The second-order valence-electron chi connectivity index (χ2n) is 5.22. The first-order valence-corrected chi connectivity index (χ1v) is 7.97. The molecule has 7 heteroatoms. The zero-order valence-electron chi connectivity index (χ0n) is 12.4. The molecule has 0 saturated carbocycles. The van der Waals surface area contributed by atoms with Gasteiger partial charge < -0.3 is 10.2 Å². The van der Waals surface area contributed by atoms with Gasteiger partial charge in [-0.1, -0.05) is 11.8 Å². The maximum atomic E-state index is 12.4. The van der Waals surface area contributed by atoms with Crippen LogP contribution in [0.1, 0.15) is 23.2 Å². The number of likely N-dealkylation sites (tertiary alicyclic amines) is 1. The standard InChI is InChI=1S/C15H20F2N2OS.ClH/c1-18-9-11-3-2-8-19(10-11)14(20)12-4-6-13(7-5-12)21-15(16)17;/h4-7,11,15,18H,2-3,8-10H2,1H3;1H. The third-order valence-electron chi connectivity index (χ3n) is 3.63. The monoisotopic (exact) mass is 350 g/mol. The van der Waals surface area contributed by atoms with Crippen LogP contribution in [0.4, 0.5) is 8.78 Å². The first kappa shape index (κ1) is 19.2. The molecule has 124 valence electrons. The zero-order chi connectivity index (χ0) is 15.2. The Bertz CT molecular complexity index is 471. The number of nitrogens with one attached hydrogen (secondary N) is 1. The van der Waals surface area contributed by atoms with Crippen LogP contribution in [-0.4, -0.2) is 43.2 Å². The van der Waals surface area contributed by atoms with Crippen LogP contribution in [0.3, 0.4) is 0 Å². The van der Waals surface area contributed by atoms with Gasteiger partial charge in [0.15, 0.2) is 0 Å². The molecule has 1 fully saturated rings. The van der Waals surface area contributed by atoms with Crippen molar-refractivity contribution in [1.82, 2.24) is 10.2 Å². The van der Waals surface area contributed by atoms with E-state index in [9.17, 15) is 13.6 Å². The fourth-order valence-corrected chi connectivity index (χ4v) is 3.17. The molecule has 1 atom stereocenters. The third kappa shape index (κ3) is 5.41. The fourth-order valence-electron chi connectivity index (χ4n) is 2.67. The third-order valence-corrected chi connectivity index (χ3v) is 4.35. The number of amides is 1. The van der Waals surface area contributed by atoms with Crippen molar-refractivity contribution in [3.05, 3.63) is 29.8 Å². The summed E-state index contributed by atoms with van der Waals surface area (Å²) in [5, 5.41) is 3.15. The number of rotatable bonds is 5. The quantitative estimate of drug-likeness (QED) is 0.825. The SMILES string of the molecule is CNCC1CCCN(C(=O)c2ccc(SC(F)F)cc2)C1.Cl. The molecule has 0 aromatic heterocycles. The van der Waals surface area contributed by atoms with Crippen LogP contribution in [0.15, 0.2) is 29.2 Å². The molecule has 3 nitrogen and oxygen atoms in total. The molecule has 1 aromatic carbocycles. The van der Waals surface area contributed by atoms with Crippen molar-refractivity contribution in [1.29, 1.82) is 0 Å². The predicted molar refractivity (Wildman–Crippen MR) is 88.1 cm³/mol. The van der Waals surface area contributed by atoms with E-state index in [4.69, 9.17) is 0 Å². The number of benzene rings is 1. The van der Waals surface area contributed by atoms with Crippen molar-refractivity contribution in [2.45, 2.75) is 23.5 Å². The van der Waals surface area contributed by atoms with Crippen LogP contribution in [0.5, 0.6) is 0 Å². The highest BCUT2D eigenvalue weighted by atomic mass is 35.5. The average molecular weight is 351 g/mol. The minimum Gasteiger partial charge on any atom is -0.338 e. The van der Waals surface area contributed by atoms with Gasteiger partial charge >= 0.3 is 0 Å². The van der Waals surface area contributed by atoms with Gasteiger partial charge in [-0.05, 0) is 56.6 Å². The summed E-state index contributed by atoms with van der Waals surface area (Å²) in [6.45, 7) is 2.44. The average Bonchev–Trinajstić information content (AvgIpc) is 2.47. The Morgan fingerprint density at radius 1 is 1.41 bits per heavy atom. The molecule has 1 unspecified atom stereocenters. The predicted octanol–water partition coefficient (Wildman–Crippen LogP) is 3.49. The molecule has 22 heavy (non-hydrogen) atoms. The van der Waals surface area contributed by atoms with E-state index in [1.807, 2.05) is 11.9 Å². The largest absolute Gasteiger partial charge is 0.338 e. The van der Waals surface area contributed by atoms with E-state index in [1.165, 1.54) is 0 Å². The normalized spacial score (nSPS) is 18.2. The highest BCUT2D eigenvalue weighted by Crippen LogP contribution is 2.26. The maximum Gasteiger partial charge on any atom is 0.288 e. The van der Waals surface area contributed by atoms with Gasteiger partial charge in [0.1, 0.15) is 0 Å². The Kier molecular flexibility index (Phi) is 8.14. The van der Waals surface area contributed by atoms with Crippen LogP contribution in [0.25, 0.3) is 0 Å². The van der Waals surface area contributed by atoms with Gasteiger partial charge in [0.25, 0.3) is 11.7 Å². The summed E-state index contributed by atoms with van der Waals surface area (Å²) in [6.07, 6.45) is 2.14. The van der Waals surface area contributed by atoms with Crippen LogP contribution in [0.2, 0.25) is 0 Å². The van der Waals surface area contributed by atoms with Crippen molar-refractivity contribution in [3.63, 3.8) is 0 Å². The number of thioether (sulfide) groups is 1. The Morgan fingerprint density at radius 3 is 2.68 bits per heavy atom. The van der Waals surface area contributed by atoms with Gasteiger partial charge in [-0.3, -0.25) is 4.79 Å². The van der Waals surface area contributed by atoms with E-state index < -0.39 is 5.76 Å². The second kappa shape index (κ2) is 9.33. The van der Waals surface area contributed by atoms with Crippen LogP contribution in [-0.2, 0) is 0 Å². The van der Waals surface area contributed by atoms with Gasteiger partial charge in [-0.15, -0.1) is 12.4 Å². The smallest absolute Gasteiger partial charge is 0.288 e. The number of carbonyl (C=O) groups is 1. The lowest BCUT2D eigenvalue weighted by molar-refractivity contribution is 0.0674. The molecule has 0 bridgehead atoms. The van der Waals surface area contributed by atoms with E-state index in [0.29, 0.717) is 28.1 Å². The van der Waals surface area contributed by atoms with Crippen molar-refractivity contribution in [3.8, 4) is 0 Å². The maximum absolute atomic E-state index is 12.4. The van der Waals surface area contributed by atoms with Gasteiger partial charge in [0.05, 0.1) is 0 Å². The number of hydrogen-bond donors (Lipinski definition) is 1. The Labute approximate surface area is 140 Å². The van der Waals surface area contributed by atoms with E-state index in [-0.39, 0.29) is 18.3 Å². The van der Waals surface area contributed by atoms with Crippen molar-refractivity contribution in [2.75, 3.05) is 26.7 Å². The molecule has 1 aliphatic rings. The summed E-state index contributed by atoms with van der Waals surface area (Å²) in [4.78, 5) is 14.8. The number of piperidine rings is 1. The van der Waals surface area contributed by atoms with Crippen LogP contribution >= 0.6 is 24.2 Å². The van der Waals surface area contributed by atoms with Crippen LogP contribution < -0.4 is 5.32 Å². The Morgan fingerprint density at radius 2 is 2.09 bits per heavy atom. The molecule has 1 aromatic rings. The molecule has 0 aliphatic carbocycles. The minimum absolute atomic E-state index is 0. The van der Waals surface area contributed by atoms with Gasteiger partial charge in [-0.25, -0.2) is 0 Å². The molecule has 1 saturated heterocycles. The highest BCUT2D eigenvalue weighted by molar-refractivity contribution is 7.99. The topological polar surface area (TPSA) is 32.3 Å². The summed E-state index contributed by atoms with van der Waals surface area (Å²) >= 11 is 0.495. The zero-order valence-corrected chi connectivity index (χ0v) is 14.1. The number of carbonyl (C=O) groups excluding carboxylic acids is 1. The molecule has 1 amide bonds.